The van der Waals surface area contributed by atoms with E-state index in [-0.39, 0.29) is 0 Å². The first-order valence-corrected chi connectivity index (χ1v) is 5.20. The zero-order chi connectivity index (χ0) is 11.1. The molecule has 0 saturated heterocycles. The molecule has 0 bridgehead atoms. The van der Waals surface area contributed by atoms with Crippen LogP contribution in [0.3, 0.4) is 0 Å². The average molecular weight is 183 g/mol. The zero-order valence-electron chi connectivity index (χ0n) is 9.96. The van der Waals surface area contributed by atoms with E-state index < -0.39 is 0 Å². The van der Waals surface area contributed by atoms with Crippen LogP contribution in [-0.4, -0.2) is 0 Å². The van der Waals surface area contributed by atoms with E-state index >= 15 is 0 Å². The van der Waals surface area contributed by atoms with Crippen LogP contribution in [0.1, 0.15) is 41.5 Å². The zero-order valence-corrected chi connectivity index (χ0v) is 9.96. The Bertz CT molecular complexity index is 135. The number of anilines is 1. The molecule has 0 heterocycles. The molecule has 1 heteroatoms. The summed E-state index contributed by atoms with van der Waals surface area (Å²) in [5.74, 6) is 0. The Balaban J connectivity index is -0.000000144. The maximum Gasteiger partial charge on any atom is 0.0313 e. The molecule has 13 heavy (non-hydrogen) atoms. The highest BCUT2D eigenvalue weighted by molar-refractivity contribution is 5.35. The lowest BCUT2D eigenvalue weighted by Crippen LogP contribution is -1.79. The molecule has 0 atom stereocenters. The molecule has 0 fully saturated rings. The highest BCUT2D eigenvalue weighted by Crippen LogP contribution is 1.95. The smallest absolute Gasteiger partial charge is 0.0313 e. The van der Waals surface area contributed by atoms with Gasteiger partial charge in [0, 0.05) is 5.69 Å². The Morgan fingerprint density at radius 2 is 1.00 bits per heavy atom. The summed E-state index contributed by atoms with van der Waals surface area (Å²) in [5, 5.41) is 0. The summed E-state index contributed by atoms with van der Waals surface area (Å²) >= 11 is 0. The van der Waals surface area contributed by atoms with Crippen LogP contribution < -0.4 is 5.73 Å². The molecule has 1 nitrogen and oxygen atoms in total. The summed E-state index contributed by atoms with van der Waals surface area (Å²) in [7, 11) is 0. The van der Waals surface area contributed by atoms with Crippen molar-refractivity contribution in [2.45, 2.75) is 41.5 Å². The van der Waals surface area contributed by atoms with E-state index in [1.165, 1.54) is 0 Å². The third kappa shape index (κ3) is 18.2. The largest absolute Gasteiger partial charge is 0.399 e. The van der Waals surface area contributed by atoms with Crippen molar-refractivity contribution in [2.24, 2.45) is 0 Å². The van der Waals surface area contributed by atoms with E-state index in [1.54, 1.807) is 0 Å². The van der Waals surface area contributed by atoms with Gasteiger partial charge in [-0.15, -0.1) is 0 Å². The average Bonchev–Trinajstić information content (AvgIpc) is 2.28. The summed E-state index contributed by atoms with van der Waals surface area (Å²) in [6.45, 7) is 12.0. The van der Waals surface area contributed by atoms with Gasteiger partial charge in [-0.3, -0.25) is 0 Å². The topological polar surface area (TPSA) is 26.0 Å². The number of benzene rings is 1. The second-order valence-electron chi connectivity index (χ2n) is 1.41. The van der Waals surface area contributed by atoms with Crippen molar-refractivity contribution in [1.29, 1.82) is 0 Å². The molecule has 78 valence electrons. The fourth-order valence-corrected chi connectivity index (χ4v) is 0.453. The first-order chi connectivity index (χ1) is 6.39. The van der Waals surface area contributed by atoms with E-state index in [2.05, 4.69) is 0 Å². The van der Waals surface area contributed by atoms with Crippen molar-refractivity contribution in [1.82, 2.24) is 0 Å². The van der Waals surface area contributed by atoms with Crippen molar-refractivity contribution in [3.8, 4) is 0 Å². The predicted molar refractivity (Wildman–Crippen MR) is 64.9 cm³/mol. The van der Waals surface area contributed by atoms with Gasteiger partial charge in [-0.25, -0.2) is 0 Å². The molecule has 0 aliphatic heterocycles. The minimum Gasteiger partial charge on any atom is -0.399 e. The van der Waals surface area contributed by atoms with Crippen molar-refractivity contribution >= 4 is 5.69 Å². The highest BCUT2D eigenvalue weighted by Gasteiger charge is 1.72. The number of rotatable bonds is 0. The number of nitrogen functional groups attached to an aromatic ring is 1. The standard InChI is InChI=1S/C6H7N.3C2H6/c7-6-4-2-1-3-5-6;3*1-2/h1-5H,7H2;3*1-2H3. The van der Waals surface area contributed by atoms with Gasteiger partial charge in [-0.2, -0.15) is 0 Å². The SMILES string of the molecule is CC.CC.CC.Nc1ccccc1. The molecule has 1 rings (SSSR count). The lowest BCUT2D eigenvalue weighted by atomic mass is 10.3. The molecule has 0 unspecified atom stereocenters. The minimum atomic E-state index is 0.822. The monoisotopic (exact) mass is 183 g/mol. The van der Waals surface area contributed by atoms with Crippen molar-refractivity contribution in [3.05, 3.63) is 30.3 Å². The molecular weight excluding hydrogens is 158 g/mol. The highest BCUT2D eigenvalue weighted by atomic mass is 14.5. The van der Waals surface area contributed by atoms with Gasteiger partial charge >= 0.3 is 0 Å². The Kier molecular flexibility index (Phi) is 31.0. The Hall–Kier alpha value is -0.980. The number of nitrogens with two attached hydrogens (primary N) is 1. The molecule has 0 aromatic heterocycles. The maximum absolute atomic E-state index is 5.36. The lowest BCUT2D eigenvalue weighted by molar-refractivity contribution is 1.50. The van der Waals surface area contributed by atoms with Gasteiger partial charge in [0.1, 0.15) is 0 Å². The third-order valence-corrected chi connectivity index (χ3v) is 0.800. The van der Waals surface area contributed by atoms with E-state index in [0.29, 0.717) is 0 Å². The minimum absolute atomic E-state index is 0.822. The second kappa shape index (κ2) is 22.5. The van der Waals surface area contributed by atoms with E-state index in [0.717, 1.165) is 5.69 Å². The first-order valence-electron chi connectivity index (χ1n) is 5.20. The molecule has 0 radical (unpaired) electrons. The molecule has 1 aromatic rings. The number of hydrogen-bond acceptors (Lipinski definition) is 1. The van der Waals surface area contributed by atoms with Crippen LogP contribution in [0, 0.1) is 0 Å². The van der Waals surface area contributed by atoms with Crippen LogP contribution in [0.2, 0.25) is 0 Å². The molecular formula is C12H25N. The summed E-state index contributed by atoms with van der Waals surface area (Å²) < 4.78 is 0. The third-order valence-electron chi connectivity index (χ3n) is 0.800. The van der Waals surface area contributed by atoms with Crippen LogP contribution in [0.15, 0.2) is 30.3 Å². The molecule has 0 spiro atoms. The normalized spacial score (nSPS) is 6.00. The quantitative estimate of drug-likeness (QED) is 0.595. The van der Waals surface area contributed by atoms with Crippen LogP contribution in [0.5, 0.6) is 0 Å². The van der Waals surface area contributed by atoms with Gasteiger partial charge < -0.3 is 5.73 Å². The summed E-state index contributed by atoms with van der Waals surface area (Å²) in [5.41, 5.74) is 6.18. The Morgan fingerprint density at radius 1 is 0.692 bits per heavy atom. The summed E-state index contributed by atoms with van der Waals surface area (Å²) in [6.07, 6.45) is 0. The Labute approximate surface area is 84.0 Å². The maximum atomic E-state index is 5.36. The molecule has 1 aromatic carbocycles. The van der Waals surface area contributed by atoms with Gasteiger partial charge in [0.05, 0.1) is 0 Å². The van der Waals surface area contributed by atoms with Gasteiger partial charge in [-0.1, -0.05) is 59.7 Å². The van der Waals surface area contributed by atoms with E-state index in [4.69, 9.17) is 5.73 Å². The van der Waals surface area contributed by atoms with Crippen molar-refractivity contribution < 1.29 is 0 Å². The number of hydrogen-bond donors (Lipinski definition) is 1. The molecule has 2 N–H and O–H groups in total. The fourth-order valence-electron chi connectivity index (χ4n) is 0.453. The fraction of sp³-hybridized carbons (Fsp3) is 0.500. The molecule has 0 saturated carbocycles. The molecule has 0 amide bonds. The van der Waals surface area contributed by atoms with Crippen LogP contribution in [0.4, 0.5) is 5.69 Å². The van der Waals surface area contributed by atoms with Crippen LogP contribution in [0.25, 0.3) is 0 Å². The van der Waals surface area contributed by atoms with Crippen LogP contribution >= 0.6 is 0 Å². The van der Waals surface area contributed by atoms with Gasteiger partial charge in [0.2, 0.25) is 0 Å². The first kappa shape index (κ1) is 17.9. The van der Waals surface area contributed by atoms with Crippen molar-refractivity contribution in [3.63, 3.8) is 0 Å². The summed E-state index contributed by atoms with van der Waals surface area (Å²) in [4.78, 5) is 0. The van der Waals surface area contributed by atoms with E-state index in [9.17, 15) is 0 Å². The van der Waals surface area contributed by atoms with E-state index in [1.807, 2.05) is 71.9 Å². The Morgan fingerprint density at radius 3 is 1.15 bits per heavy atom. The van der Waals surface area contributed by atoms with Crippen LogP contribution in [-0.2, 0) is 0 Å². The lowest BCUT2D eigenvalue weighted by Gasteiger charge is -1.83. The van der Waals surface area contributed by atoms with Gasteiger partial charge in [0.25, 0.3) is 0 Å². The number of para-hydroxylation sites is 1. The summed E-state index contributed by atoms with van der Waals surface area (Å²) in [6, 6.07) is 9.49. The van der Waals surface area contributed by atoms with Crippen molar-refractivity contribution in [2.75, 3.05) is 5.73 Å². The van der Waals surface area contributed by atoms with Gasteiger partial charge in [-0.05, 0) is 12.1 Å². The van der Waals surface area contributed by atoms with Gasteiger partial charge in [0.15, 0.2) is 0 Å². The predicted octanol–water partition coefficient (Wildman–Crippen LogP) is 4.35. The molecule has 0 aliphatic carbocycles. The molecule has 0 aliphatic rings. The second-order valence-corrected chi connectivity index (χ2v) is 1.41.